The second-order valence-corrected chi connectivity index (χ2v) is 5.94. The summed E-state index contributed by atoms with van der Waals surface area (Å²) in [6.45, 7) is 3.71. The lowest BCUT2D eigenvalue weighted by atomic mass is 10.0. The summed E-state index contributed by atoms with van der Waals surface area (Å²) in [5.74, 6) is 0. The molecule has 0 radical (unpaired) electrons. The first-order valence-corrected chi connectivity index (χ1v) is 7.75. The molecular weight excluding hydrogens is 232 g/mol. The van der Waals surface area contributed by atoms with Crippen molar-refractivity contribution >= 4 is 5.69 Å². The van der Waals surface area contributed by atoms with Crippen LogP contribution in [0.5, 0.6) is 0 Å². The minimum absolute atomic E-state index is 1.23. The SMILES string of the molecule is CN(C)CCCCCCN1CCCc2ccccc21. The Bertz CT molecular complexity index is 373. The van der Waals surface area contributed by atoms with E-state index in [1.165, 1.54) is 63.8 Å². The lowest BCUT2D eigenvalue weighted by Crippen LogP contribution is -2.30. The van der Waals surface area contributed by atoms with E-state index in [1.807, 2.05) is 0 Å². The van der Waals surface area contributed by atoms with Gasteiger partial charge in [0.2, 0.25) is 0 Å². The van der Waals surface area contributed by atoms with E-state index < -0.39 is 0 Å². The Morgan fingerprint density at radius 1 is 1.05 bits per heavy atom. The van der Waals surface area contributed by atoms with Crippen LogP contribution < -0.4 is 4.90 Å². The van der Waals surface area contributed by atoms with Gasteiger partial charge in [-0.25, -0.2) is 0 Å². The molecule has 0 saturated heterocycles. The number of hydrogen-bond acceptors (Lipinski definition) is 2. The van der Waals surface area contributed by atoms with Crippen LogP contribution in [0, 0.1) is 0 Å². The first-order chi connectivity index (χ1) is 9.27. The Hall–Kier alpha value is -1.02. The van der Waals surface area contributed by atoms with Crippen LogP contribution in [0.2, 0.25) is 0 Å². The Morgan fingerprint density at radius 2 is 1.84 bits per heavy atom. The van der Waals surface area contributed by atoms with E-state index in [0.29, 0.717) is 0 Å². The number of rotatable bonds is 7. The fourth-order valence-electron chi connectivity index (χ4n) is 2.93. The molecule has 1 aliphatic rings. The highest BCUT2D eigenvalue weighted by Crippen LogP contribution is 2.26. The third kappa shape index (κ3) is 4.54. The molecule has 0 fully saturated rings. The number of unbranched alkanes of at least 4 members (excludes halogenated alkanes) is 3. The van der Waals surface area contributed by atoms with E-state index in [0.717, 1.165) is 0 Å². The summed E-state index contributed by atoms with van der Waals surface area (Å²) in [4.78, 5) is 4.87. The van der Waals surface area contributed by atoms with E-state index in [1.54, 1.807) is 5.56 Å². The van der Waals surface area contributed by atoms with Gasteiger partial charge in [-0.2, -0.15) is 0 Å². The molecule has 0 bridgehead atoms. The van der Waals surface area contributed by atoms with Gasteiger partial charge < -0.3 is 9.80 Å². The molecule has 0 amide bonds. The molecule has 1 aromatic carbocycles. The first-order valence-electron chi connectivity index (χ1n) is 7.75. The summed E-state index contributed by atoms with van der Waals surface area (Å²) < 4.78 is 0. The van der Waals surface area contributed by atoms with Gasteiger partial charge in [0.1, 0.15) is 0 Å². The van der Waals surface area contributed by atoms with E-state index in [4.69, 9.17) is 0 Å². The van der Waals surface area contributed by atoms with Gasteiger partial charge in [-0.15, -0.1) is 0 Å². The number of benzene rings is 1. The maximum atomic E-state index is 2.59. The number of hydrogen-bond donors (Lipinski definition) is 0. The summed E-state index contributed by atoms with van der Waals surface area (Å²) in [5.41, 5.74) is 3.03. The zero-order valence-electron chi connectivity index (χ0n) is 12.6. The van der Waals surface area contributed by atoms with Crippen LogP contribution in [0.15, 0.2) is 24.3 Å². The predicted octanol–water partition coefficient (Wildman–Crippen LogP) is 3.56. The van der Waals surface area contributed by atoms with Crippen LogP contribution in [0.1, 0.15) is 37.7 Å². The second kappa shape index (κ2) is 7.54. The van der Waals surface area contributed by atoms with Crippen LogP contribution in [0.3, 0.4) is 0 Å². The van der Waals surface area contributed by atoms with Gasteiger partial charge in [0, 0.05) is 18.8 Å². The fraction of sp³-hybridized carbons (Fsp3) is 0.647. The third-order valence-corrected chi connectivity index (χ3v) is 3.99. The second-order valence-electron chi connectivity index (χ2n) is 5.94. The molecule has 106 valence electrons. The summed E-state index contributed by atoms with van der Waals surface area (Å²) >= 11 is 0. The molecule has 0 N–H and O–H groups in total. The smallest absolute Gasteiger partial charge is 0.0398 e. The molecule has 2 heteroatoms. The van der Waals surface area contributed by atoms with Crippen molar-refractivity contribution in [2.75, 3.05) is 38.6 Å². The molecule has 0 saturated carbocycles. The molecule has 0 aliphatic carbocycles. The lowest BCUT2D eigenvalue weighted by Gasteiger charge is -2.31. The zero-order valence-corrected chi connectivity index (χ0v) is 12.6. The third-order valence-electron chi connectivity index (χ3n) is 3.99. The highest BCUT2D eigenvalue weighted by atomic mass is 15.1. The normalized spacial score (nSPS) is 14.8. The van der Waals surface area contributed by atoms with E-state index in [-0.39, 0.29) is 0 Å². The van der Waals surface area contributed by atoms with E-state index in [9.17, 15) is 0 Å². The van der Waals surface area contributed by atoms with Gasteiger partial charge >= 0.3 is 0 Å². The standard InChI is InChI=1S/C17H28N2/c1-18(2)13-7-3-4-8-14-19-15-9-11-16-10-5-6-12-17(16)19/h5-6,10,12H,3-4,7-9,11,13-15H2,1-2H3. The van der Waals surface area contributed by atoms with Gasteiger partial charge in [-0.1, -0.05) is 31.0 Å². The maximum absolute atomic E-state index is 2.59. The molecule has 1 aliphatic heterocycles. The average molecular weight is 260 g/mol. The van der Waals surface area contributed by atoms with Crippen molar-refractivity contribution in [1.82, 2.24) is 4.90 Å². The summed E-state index contributed by atoms with van der Waals surface area (Å²) in [5, 5.41) is 0. The first kappa shape index (κ1) is 14.4. The number of anilines is 1. The van der Waals surface area contributed by atoms with Crippen molar-refractivity contribution in [2.45, 2.75) is 38.5 Å². The summed E-state index contributed by atoms with van der Waals surface area (Å²) in [7, 11) is 4.31. The topological polar surface area (TPSA) is 6.48 Å². The molecule has 0 spiro atoms. The number of para-hydroxylation sites is 1. The largest absolute Gasteiger partial charge is 0.371 e. The Labute approximate surface area is 118 Å². The van der Waals surface area contributed by atoms with Crippen LogP contribution >= 0.6 is 0 Å². The van der Waals surface area contributed by atoms with E-state index in [2.05, 4.69) is 48.2 Å². The predicted molar refractivity (Wildman–Crippen MR) is 84.0 cm³/mol. The summed E-state index contributed by atoms with van der Waals surface area (Å²) in [6, 6.07) is 8.93. The Balaban J connectivity index is 1.70. The van der Waals surface area contributed by atoms with Crippen molar-refractivity contribution in [1.29, 1.82) is 0 Å². The van der Waals surface area contributed by atoms with Gasteiger partial charge in [-0.3, -0.25) is 0 Å². The molecule has 1 aromatic rings. The maximum Gasteiger partial charge on any atom is 0.0398 e. The van der Waals surface area contributed by atoms with Crippen molar-refractivity contribution in [3.63, 3.8) is 0 Å². The minimum Gasteiger partial charge on any atom is -0.371 e. The van der Waals surface area contributed by atoms with Crippen LogP contribution in [0.25, 0.3) is 0 Å². The molecule has 0 aromatic heterocycles. The molecule has 19 heavy (non-hydrogen) atoms. The van der Waals surface area contributed by atoms with Crippen molar-refractivity contribution in [3.8, 4) is 0 Å². The minimum atomic E-state index is 1.23. The Kier molecular flexibility index (Phi) is 5.71. The van der Waals surface area contributed by atoms with Gasteiger partial charge in [0.05, 0.1) is 0 Å². The highest BCUT2D eigenvalue weighted by Gasteiger charge is 2.15. The number of nitrogens with zero attached hydrogens (tertiary/aromatic N) is 2. The van der Waals surface area contributed by atoms with E-state index >= 15 is 0 Å². The molecule has 0 unspecified atom stereocenters. The Morgan fingerprint density at radius 3 is 2.68 bits per heavy atom. The molecule has 2 rings (SSSR count). The fourth-order valence-corrected chi connectivity index (χ4v) is 2.93. The van der Waals surface area contributed by atoms with Crippen molar-refractivity contribution < 1.29 is 0 Å². The number of fused-ring (bicyclic) bond motifs is 1. The van der Waals surface area contributed by atoms with Crippen LogP contribution in [0.4, 0.5) is 5.69 Å². The van der Waals surface area contributed by atoms with Gasteiger partial charge in [0.15, 0.2) is 0 Å². The van der Waals surface area contributed by atoms with Crippen LogP contribution in [-0.4, -0.2) is 38.6 Å². The molecular formula is C17H28N2. The van der Waals surface area contributed by atoms with Crippen molar-refractivity contribution in [2.24, 2.45) is 0 Å². The number of aryl methyl sites for hydroxylation is 1. The quantitative estimate of drug-likeness (QED) is 0.692. The average Bonchev–Trinajstić information content (AvgIpc) is 2.42. The molecule has 0 atom stereocenters. The van der Waals surface area contributed by atoms with Gasteiger partial charge in [-0.05, 0) is 58.0 Å². The highest BCUT2D eigenvalue weighted by molar-refractivity contribution is 5.55. The molecule has 2 nitrogen and oxygen atoms in total. The monoisotopic (exact) mass is 260 g/mol. The zero-order chi connectivity index (χ0) is 13.5. The van der Waals surface area contributed by atoms with Gasteiger partial charge in [0.25, 0.3) is 0 Å². The summed E-state index contributed by atoms with van der Waals surface area (Å²) in [6.07, 6.45) is 7.98. The van der Waals surface area contributed by atoms with Crippen LogP contribution in [-0.2, 0) is 6.42 Å². The molecule has 1 heterocycles. The lowest BCUT2D eigenvalue weighted by molar-refractivity contribution is 0.390. The van der Waals surface area contributed by atoms with Crippen molar-refractivity contribution in [3.05, 3.63) is 29.8 Å².